The van der Waals surface area contributed by atoms with E-state index >= 15 is 0 Å². The minimum Gasteiger partial charge on any atom is -0.543 e. The maximum atomic E-state index is 10.7. The Morgan fingerprint density at radius 3 is 0.690 bits per heavy atom. The molecule has 0 aromatic heterocycles. The number of benzene rings is 4. The van der Waals surface area contributed by atoms with Gasteiger partial charge < -0.3 is 59.0 Å². The third-order valence-electron chi connectivity index (χ3n) is 18.0. The SMILES string of the molecule is CC(=O)Oc1cc(N)cc(OC(C)=O)c1.CC(C)(C)[Si](C)(C)Oc1cc(CCN)cc(O[Si](C)(C)C(C)(C)C)c1.CC(C)(C)[Si](C)(C)Oc1cc(CN)cc(O[Si](C)(C)C(C)(C)C)c1.CC(C)(C)[Si](C)(C)Oc1cc(N)cc(O[Si](C)(C)C(C)(C)C)c1. The van der Waals surface area contributed by atoms with Gasteiger partial charge in [-0.3, -0.25) is 9.59 Å². The molecule has 0 spiro atoms. The second kappa shape index (κ2) is 30.0. The van der Waals surface area contributed by atoms with Gasteiger partial charge in [-0.15, -0.1) is 0 Å². The summed E-state index contributed by atoms with van der Waals surface area (Å²) in [7, 11) is -11.3. The van der Waals surface area contributed by atoms with Gasteiger partial charge in [-0.25, -0.2) is 0 Å². The monoisotopic (exact) mass is 1310 g/mol. The zero-order chi connectivity index (χ0) is 68.3. The summed E-state index contributed by atoms with van der Waals surface area (Å²) in [6, 6.07) is 22.6. The molecule has 4 aromatic carbocycles. The fraction of sp³-hybridized carbons (Fsp3) is 0.612. The van der Waals surface area contributed by atoms with Crippen LogP contribution < -0.4 is 59.0 Å². The van der Waals surface area contributed by atoms with Crippen LogP contribution in [0.4, 0.5) is 11.4 Å². The number of anilines is 2. The van der Waals surface area contributed by atoms with Gasteiger partial charge in [0.2, 0.25) is 49.9 Å². The third kappa shape index (κ3) is 26.1. The van der Waals surface area contributed by atoms with Crippen molar-refractivity contribution in [3.05, 3.63) is 83.9 Å². The van der Waals surface area contributed by atoms with Crippen LogP contribution in [0.3, 0.4) is 0 Å². The molecule has 0 saturated heterocycles. The van der Waals surface area contributed by atoms with E-state index in [-0.39, 0.29) is 41.7 Å². The molecule has 0 unspecified atom stereocenters. The Kier molecular flexibility index (Phi) is 27.8. The van der Waals surface area contributed by atoms with Crippen molar-refractivity contribution < 1.29 is 45.6 Å². The molecule has 0 radical (unpaired) electrons. The zero-order valence-electron chi connectivity index (χ0n) is 60.4. The van der Waals surface area contributed by atoms with E-state index in [4.69, 9.17) is 59.0 Å². The lowest BCUT2D eigenvalue weighted by atomic mass is 10.1. The standard InChI is InChI=1S/C20H39NO2Si2.C19H37NO2Si2.C18H35NO2Si2.C10H11NO4/c1-19(2,3)24(7,8)22-17-13-16(11-12-21)14-18(15-17)23-25(9,10)20(4,5)6;1-18(2,3)23(7,8)21-16-11-15(14-20)12-17(13-16)22-24(9,10)19(4,5)6;1-17(2,3)22(7,8)20-15-11-14(19)12-16(13-15)21-23(9,10)18(4,5)6;1-6(12)14-9-3-8(11)4-10(5-9)15-7(2)13/h13-15H,11-12,21H2,1-10H3;11-13H,14,20H2,1-10H3;11-13H,19H2,1-10H3;3-5H,11H2,1-2H3. The van der Waals surface area contributed by atoms with Crippen molar-refractivity contribution >= 4 is 73.2 Å². The second-order valence-corrected chi connectivity index (χ2v) is 60.6. The molecule has 0 atom stereocenters. The van der Waals surface area contributed by atoms with E-state index in [1.165, 1.54) is 37.6 Å². The first-order chi connectivity index (χ1) is 38.7. The number of carbonyl (C=O) groups is 2. The molecule has 20 heteroatoms. The lowest BCUT2D eigenvalue weighted by Crippen LogP contribution is -2.44. The summed E-state index contributed by atoms with van der Waals surface area (Å²) in [5.41, 5.74) is 26.6. The fourth-order valence-electron chi connectivity index (χ4n) is 6.37. The predicted molar refractivity (Wildman–Crippen MR) is 385 cm³/mol. The Labute approximate surface area is 535 Å². The normalized spacial score (nSPS) is 13.0. The second-order valence-electron chi connectivity index (χ2n) is 32.2. The first-order valence-electron chi connectivity index (χ1n) is 30.7. The van der Waals surface area contributed by atoms with Crippen LogP contribution in [0.1, 0.15) is 150 Å². The van der Waals surface area contributed by atoms with Crippen molar-refractivity contribution in [1.29, 1.82) is 0 Å². The minimum absolute atomic E-state index is 0.151. The van der Waals surface area contributed by atoms with E-state index in [0.717, 1.165) is 46.5 Å². The van der Waals surface area contributed by atoms with E-state index in [2.05, 4.69) is 234 Å². The van der Waals surface area contributed by atoms with Crippen LogP contribution in [0.2, 0.25) is 109 Å². The highest BCUT2D eigenvalue weighted by Crippen LogP contribution is 2.45. The number of hydrogen-bond donors (Lipinski definition) is 4. The molecule has 0 heterocycles. The van der Waals surface area contributed by atoms with Crippen molar-refractivity contribution in [3.63, 3.8) is 0 Å². The average molecular weight is 1310 g/mol. The fourth-order valence-corrected chi connectivity index (χ4v) is 12.4. The molecule has 4 rings (SSSR count). The van der Waals surface area contributed by atoms with Crippen LogP contribution in [-0.4, -0.2) is 68.4 Å². The average Bonchev–Trinajstić information content (AvgIpc) is 1.29. The number of hydrogen-bond acceptors (Lipinski definition) is 14. The summed E-state index contributed by atoms with van der Waals surface area (Å²) >= 11 is 0. The number of rotatable bonds is 17. The Morgan fingerprint density at radius 1 is 0.322 bits per heavy atom. The van der Waals surface area contributed by atoms with Gasteiger partial charge in [0.15, 0.2) is 0 Å². The molecule has 87 heavy (non-hydrogen) atoms. The van der Waals surface area contributed by atoms with E-state index in [1.54, 1.807) is 0 Å². The molecule has 0 aliphatic heterocycles. The lowest BCUT2D eigenvalue weighted by molar-refractivity contribution is -0.132. The van der Waals surface area contributed by atoms with Gasteiger partial charge in [0.05, 0.1) is 0 Å². The molecule has 0 saturated carbocycles. The first-order valence-corrected chi connectivity index (χ1v) is 48.2. The van der Waals surface area contributed by atoms with Gasteiger partial charge in [-0.2, -0.15) is 0 Å². The first kappa shape index (κ1) is 80.5. The summed E-state index contributed by atoms with van der Waals surface area (Å²) in [4.78, 5) is 21.4. The van der Waals surface area contributed by atoms with Crippen molar-refractivity contribution in [2.45, 2.75) is 260 Å². The Morgan fingerprint density at radius 2 is 0.506 bits per heavy atom. The third-order valence-corrected chi connectivity index (χ3v) is 44.1. The minimum atomic E-state index is -1.89. The van der Waals surface area contributed by atoms with Crippen molar-refractivity contribution in [3.8, 4) is 46.0 Å². The topological polar surface area (TPSA) is 212 Å². The molecule has 0 amide bonds. The smallest absolute Gasteiger partial charge is 0.308 e. The summed E-state index contributed by atoms with van der Waals surface area (Å²) in [6.45, 7) is 71.2. The van der Waals surface area contributed by atoms with Gasteiger partial charge >= 0.3 is 11.9 Å². The van der Waals surface area contributed by atoms with Gasteiger partial charge in [0.1, 0.15) is 46.0 Å². The van der Waals surface area contributed by atoms with Crippen molar-refractivity contribution in [1.82, 2.24) is 0 Å². The highest BCUT2D eigenvalue weighted by Gasteiger charge is 2.44. The molecular formula is C67H122N4O10Si6. The Hall–Kier alpha value is -4.56. The molecule has 0 aliphatic rings. The molecule has 0 aliphatic carbocycles. The largest absolute Gasteiger partial charge is 0.543 e. The summed E-state index contributed by atoms with van der Waals surface area (Å²) < 4.78 is 48.4. The van der Waals surface area contributed by atoms with E-state index in [1.807, 2.05) is 24.3 Å². The summed E-state index contributed by atoms with van der Waals surface area (Å²) in [5, 5.41) is 0.948. The molecule has 14 nitrogen and oxygen atoms in total. The van der Waals surface area contributed by atoms with Crippen LogP contribution in [0, 0.1) is 0 Å². The molecule has 0 fully saturated rings. The summed E-state index contributed by atoms with van der Waals surface area (Å²) in [6.07, 6.45) is 0.836. The molecule has 4 aromatic rings. The van der Waals surface area contributed by atoms with E-state index in [9.17, 15) is 9.59 Å². The highest BCUT2D eigenvalue weighted by molar-refractivity contribution is 6.77. The Balaban J connectivity index is 0.000000588. The van der Waals surface area contributed by atoms with Crippen LogP contribution in [0.25, 0.3) is 0 Å². The van der Waals surface area contributed by atoms with Crippen LogP contribution in [0.5, 0.6) is 46.0 Å². The molecule has 0 bridgehead atoms. The van der Waals surface area contributed by atoms with Crippen LogP contribution in [-0.2, 0) is 22.6 Å². The number of nitrogens with two attached hydrogens (primary N) is 4. The number of carbonyl (C=O) groups excluding carboxylic acids is 2. The zero-order valence-corrected chi connectivity index (χ0v) is 66.4. The van der Waals surface area contributed by atoms with Crippen molar-refractivity contribution in [2.75, 3.05) is 18.0 Å². The number of ether oxygens (including phenoxy) is 2. The molecule has 8 N–H and O–H groups in total. The van der Waals surface area contributed by atoms with E-state index < -0.39 is 61.8 Å². The van der Waals surface area contributed by atoms with Gasteiger partial charge in [-0.1, -0.05) is 125 Å². The van der Waals surface area contributed by atoms with Gasteiger partial charge in [0.25, 0.3) is 0 Å². The maximum absolute atomic E-state index is 10.7. The number of esters is 2. The van der Waals surface area contributed by atoms with Gasteiger partial charge in [0, 0.05) is 80.3 Å². The van der Waals surface area contributed by atoms with E-state index in [0.29, 0.717) is 24.5 Å². The lowest BCUT2D eigenvalue weighted by Gasteiger charge is -2.38. The predicted octanol–water partition coefficient (Wildman–Crippen LogP) is 19.0. The van der Waals surface area contributed by atoms with Crippen molar-refractivity contribution in [2.24, 2.45) is 11.5 Å². The van der Waals surface area contributed by atoms with Gasteiger partial charge in [-0.05, 0) is 157 Å². The highest BCUT2D eigenvalue weighted by atomic mass is 28.4. The van der Waals surface area contributed by atoms with Crippen LogP contribution >= 0.6 is 0 Å². The number of nitrogen functional groups attached to an aromatic ring is 2. The maximum Gasteiger partial charge on any atom is 0.308 e. The molecular weight excluding hydrogens is 1190 g/mol. The molecule has 494 valence electrons. The Bertz CT molecular complexity index is 2710. The quantitative estimate of drug-likeness (QED) is 0.0335. The summed E-state index contributed by atoms with van der Waals surface area (Å²) in [5.74, 6) is 4.84. The van der Waals surface area contributed by atoms with Crippen LogP contribution in [0.15, 0.2) is 72.8 Å².